The lowest BCUT2D eigenvalue weighted by atomic mass is 10.3. The van der Waals surface area contributed by atoms with Gasteiger partial charge in [-0.15, -0.1) is 0 Å². The lowest BCUT2D eigenvalue weighted by Gasteiger charge is -2.26. The molecule has 0 bridgehead atoms. The average molecular weight is 336 g/mol. The van der Waals surface area contributed by atoms with Crippen molar-refractivity contribution in [3.8, 4) is 0 Å². The number of alkyl halides is 3. The Balaban J connectivity index is 5.30. The summed E-state index contributed by atoms with van der Waals surface area (Å²) in [4.78, 5) is 11.3. The molecule has 21 heavy (non-hydrogen) atoms. The molecule has 10 heteroatoms. The van der Waals surface area contributed by atoms with E-state index in [1.165, 1.54) is 34.6 Å². The molecule has 0 saturated carbocycles. The Morgan fingerprint density at radius 1 is 1.05 bits per heavy atom. The van der Waals surface area contributed by atoms with Crippen molar-refractivity contribution in [3.05, 3.63) is 0 Å². The maximum absolute atomic E-state index is 12.8. The molecule has 0 aliphatic heterocycles. The van der Waals surface area contributed by atoms with E-state index < -0.39 is 38.3 Å². The van der Waals surface area contributed by atoms with Crippen LogP contribution in [0.2, 0.25) is 0 Å². The molecule has 0 amide bonds. The van der Waals surface area contributed by atoms with Gasteiger partial charge in [-0.25, -0.2) is 9.36 Å². The Kier molecular flexibility index (Phi) is 7.88. The van der Waals surface area contributed by atoms with Crippen LogP contribution in [0.1, 0.15) is 34.6 Å². The number of hydrogen-bond acceptors (Lipinski definition) is 6. The molecule has 0 aromatic rings. The Labute approximate surface area is 121 Å². The predicted molar refractivity (Wildman–Crippen MR) is 67.6 cm³/mol. The maximum Gasteiger partial charge on any atom is 0.476 e. The number of rotatable bonds is 8. The quantitative estimate of drug-likeness (QED) is 0.499. The molecule has 0 unspecified atom stereocenters. The molecule has 0 aliphatic rings. The van der Waals surface area contributed by atoms with Crippen molar-refractivity contribution >= 4 is 13.8 Å². The summed E-state index contributed by atoms with van der Waals surface area (Å²) in [6, 6.07) is 0. The van der Waals surface area contributed by atoms with Crippen LogP contribution in [0.15, 0.2) is 0 Å². The van der Waals surface area contributed by atoms with Gasteiger partial charge in [0.25, 0.3) is 6.10 Å². The largest absolute Gasteiger partial charge is 0.476 e. The van der Waals surface area contributed by atoms with Gasteiger partial charge in [0.15, 0.2) is 0 Å². The second kappa shape index (κ2) is 8.12. The topological polar surface area (TPSA) is 71.1 Å². The fourth-order valence-corrected chi connectivity index (χ4v) is 2.82. The molecule has 6 nitrogen and oxygen atoms in total. The van der Waals surface area contributed by atoms with Gasteiger partial charge in [0, 0.05) is 0 Å². The first-order valence-electron chi connectivity index (χ1n) is 6.30. The van der Waals surface area contributed by atoms with E-state index in [0.29, 0.717) is 0 Å². The van der Waals surface area contributed by atoms with Gasteiger partial charge in [0.2, 0.25) is 0 Å². The number of carbonyl (C=O) groups is 1. The van der Waals surface area contributed by atoms with Gasteiger partial charge in [-0.1, -0.05) is 0 Å². The highest BCUT2D eigenvalue weighted by Gasteiger charge is 2.52. The molecule has 0 heterocycles. The number of halogens is 3. The van der Waals surface area contributed by atoms with Gasteiger partial charge in [0.1, 0.15) is 0 Å². The number of carbonyl (C=O) groups excluding carboxylic acids is 1. The SMILES string of the molecule is CCOC(=O)[C@@H](OP(=O)(OC(C)C)OC(C)C)C(F)(F)F. The van der Waals surface area contributed by atoms with Crippen molar-refractivity contribution in [1.82, 2.24) is 0 Å². The minimum atomic E-state index is -5.11. The van der Waals surface area contributed by atoms with Crippen molar-refractivity contribution in [1.29, 1.82) is 0 Å². The van der Waals surface area contributed by atoms with Crippen molar-refractivity contribution in [2.45, 2.75) is 59.1 Å². The van der Waals surface area contributed by atoms with Crippen LogP contribution in [0.4, 0.5) is 13.2 Å². The van der Waals surface area contributed by atoms with Gasteiger partial charge in [0.05, 0.1) is 18.8 Å². The summed E-state index contributed by atoms with van der Waals surface area (Å²) in [6.45, 7) is 6.80. The van der Waals surface area contributed by atoms with E-state index in [9.17, 15) is 22.5 Å². The van der Waals surface area contributed by atoms with Crippen LogP contribution in [-0.4, -0.2) is 37.1 Å². The van der Waals surface area contributed by atoms with Crippen molar-refractivity contribution in [2.75, 3.05) is 6.61 Å². The maximum atomic E-state index is 12.8. The number of hydrogen-bond donors (Lipinski definition) is 0. The van der Waals surface area contributed by atoms with Crippen LogP contribution in [0.25, 0.3) is 0 Å². The van der Waals surface area contributed by atoms with Crippen LogP contribution < -0.4 is 0 Å². The van der Waals surface area contributed by atoms with Gasteiger partial charge in [-0.05, 0) is 34.6 Å². The van der Waals surface area contributed by atoms with Crippen molar-refractivity contribution in [2.24, 2.45) is 0 Å². The van der Waals surface area contributed by atoms with Gasteiger partial charge >= 0.3 is 20.0 Å². The predicted octanol–water partition coefficient (Wildman–Crippen LogP) is 3.46. The van der Waals surface area contributed by atoms with Crippen molar-refractivity contribution < 1.29 is 40.8 Å². The van der Waals surface area contributed by atoms with E-state index in [0.717, 1.165) is 0 Å². The molecule has 0 aliphatic carbocycles. The third-order valence-corrected chi connectivity index (χ3v) is 3.54. The molecule has 0 spiro atoms. The summed E-state index contributed by atoms with van der Waals surface area (Å²) in [5.41, 5.74) is 0. The van der Waals surface area contributed by atoms with Crippen LogP contribution in [0.5, 0.6) is 0 Å². The fraction of sp³-hybridized carbons (Fsp3) is 0.909. The molecule has 0 N–H and O–H groups in total. The van der Waals surface area contributed by atoms with Gasteiger partial charge < -0.3 is 4.74 Å². The number of esters is 1. The third kappa shape index (κ3) is 7.80. The highest BCUT2D eigenvalue weighted by Crippen LogP contribution is 2.54. The summed E-state index contributed by atoms with van der Waals surface area (Å²) in [5, 5.41) is 0. The van der Waals surface area contributed by atoms with E-state index in [4.69, 9.17) is 9.05 Å². The zero-order chi connectivity index (χ0) is 16.8. The Morgan fingerprint density at radius 3 is 1.76 bits per heavy atom. The molecule has 0 saturated heterocycles. The molecule has 1 atom stereocenters. The Morgan fingerprint density at radius 2 is 1.48 bits per heavy atom. The molecule has 0 rings (SSSR count). The average Bonchev–Trinajstić information content (AvgIpc) is 2.22. The van der Waals surface area contributed by atoms with E-state index in [-0.39, 0.29) is 6.61 Å². The van der Waals surface area contributed by atoms with Crippen LogP contribution in [0.3, 0.4) is 0 Å². The zero-order valence-corrected chi connectivity index (χ0v) is 13.4. The molecule has 0 aromatic carbocycles. The standard InChI is InChI=1S/C11H20F3O6P/c1-6-17-10(15)9(11(12,13)14)20-21(16,18-7(2)3)19-8(4)5/h7-9H,6H2,1-5H3/t9-/m1/s1. The first-order valence-corrected chi connectivity index (χ1v) is 7.76. The number of ether oxygens (including phenoxy) is 1. The lowest BCUT2D eigenvalue weighted by molar-refractivity contribution is -0.215. The van der Waals surface area contributed by atoms with E-state index >= 15 is 0 Å². The van der Waals surface area contributed by atoms with Crippen molar-refractivity contribution in [3.63, 3.8) is 0 Å². The second-order valence-electron chi connectivity index (χ2n) is 4.53. The van der Waals surface area contributed by atoms with E-state index in [2.05, 4.69) is 9.26 Å². The minimum Gasteiger partial charge on any atom is -0.464 e. The normalized spacial score (nSPS) is 14.6. The highest BCUT2D eigenvalue weighted by molar-refractivity contribution is 7.48. The van der Waals surface area contributed by atoms with Crippen LogP contribution >= 0.6 is 7.82 Å². The zero-order valence-electron chi connectivity index (χ0n) is 12.5. The summed E-state index contributed by atoms with van der Waals surface area (Å²) in [6.07, 6.45) is -9.61. The molecule has 0 aromatic heterocycles. The third-order valence-electron chi connectivity index (χ3n) is 1.71. The van der Waals surface area contributed by atoms with E-state index in [1.54, 1.807) is 0 Å². The number of phosphoric acid groups is 1. The number of phosphoric ester groups is 1. The van der Waals surface area contributed by atoms with E-state index in [1.807, 2.05) is 0 Å². The molecule has 0 fully saturated rings. The van der Waals surface area contributed by atoms with Crippen LogP contribution in [0, 0.1) is 0 Å². The first-order chi connectivity index (χ1) is 9.41. The smallest absolute Gasteiger partial charge is 0.464 e. The molecule has 126 valence electrons. The van der Waals surface area contributed by atoms with Gasteiger partial charge in [-0.2, -0.15) is 13.2 Å². The highest BCUT2D eigenvalue weighted by atomic mass is 31.2. The molecule has 0 radical (unpaired) electrons. The lowest BCUT2D eigenvalue weighted by Crippen LogP contribution is -2.40. The summed E-state index contributed by atoms with van der Waals surface area (Å²) in [7, 11) is -4.58. The Bertz CT molecular complexity index is 369. The fourth-order valence-electron chi connectivity index (χ4n) is 1.17. The molecular formula is C11H20F3O6P. The summed E-state index contributed by atoms with van der Waals surface area (Å²) < 4.78 is 69.0. The van der Waals surface area contributed by atoms with Gasteiger partial charge in [-0.3, -0.25) is 13.6 Å². The second-order valence-corrected chi connectivity index (χ2v) is 6.06. The first kappa shape index (κ1) is 20.4. The Hall–Kier alpha value is -0.630. The molecular weight excluding hydrogens is 316 g/mol. The summed E-state index contributed by atoms with van der Waals surface area (Å²) in [5.74, 6) is -1.70. The summed E-state index contributed by atoms with van der Waals surface area (Å²) >= 11 is 0. The monoisotopic (exact) mass is 336 g/mol. The minimum absolute atomic E-state index is 0.283. The van der Waals surface area contributed by atoms with Crippen LogP contribution in [-0.2, 0) is 27.7 Å².